The minimum absolute atomic E-state index is 0.0128. The average Bonchev–Trinajstić information content (AvgIpc) is 2.49. The molecule has 1 heterocycles. The molecule has 6 heteroatoms. The largest absolute Gasteiger partial charge is 0.468 e. The van der Waals surface area contributed by atoms with Crippen molar-refractivity contribution in [1.29, 1.82) is 0 Å². The first-order valence-electron chi connectivity index (χ1n) is 7.35. The van der Waals surface area contributed by atoms with Crippen molar-refractivity contribution in [2.24, 2.45) is 0 Å². The van der Waals surface area contributed by atoms with E-state index >= 15 is 0 Å². The number of rotatable bonds is 4. The number of piperidine rings is 1. The first-order valence-corrected chi connectivity index (χ1v) is 7.35. The summed E-state index contributed by atoms with van der Waals surface area (Å²) in [6.45, 7) is 2.78. The fourth-order valence-corrected chi connectivity index (χ4v) is 2.90. The number of likely N-dealkylation sites (tertiary alicyclic amines) is 1. The van der Waals surface area contributed by atoms with Gasteiger partial charge >= 0.3 is 5.97 Å². The standard InChI is InChI=1S/C16H21FN2O3/c1-11(20)18-14-4-3-9-19(10-14)15(16(21)22-2)12-5-7-13(17)8-6-12/h5-8,14-15H,3-4,9-10H2,1-2H3,(H,18,20)/t14-,15-/m1/s1. The van der Waals surface area contributed by atoms with E-state index < -0.39 is 6.04 Å². The van der Waals surface area contributed by atoms with Gasteiger partial charge in [-0.25, -0.2) is 9.18 Å². The van der Waals surface area contributed by atoms with Crippen molar-refractivity contribution >= 4 is 11.9 Å². The Labute approximate surface area is 129 Å². The van der Waals surface area contributed by atoms with Crippen LogP contribution >= 0.6 is 0 Å². The summed E-state index contributed by atoms with van der Waals surface area (Å²) in [5, 5.41) is 2.89. The Morgan fingerprint density at radius 3 is 2.64 bits per heavy atom. The summed E-state index contributed by atoms with van der Waals surface area (Å²) in [4.78, 5) is 25.4. The van der Waals surface area contributed by atoms with Gasteiger partial charge in [0.15, 0.2) is 0 Å². The number of nitrogens with zero attached hydrogens (tertiary/aromatic N) is 1. The molecule has 1 amide bonds. The molecular weight excluding hydrogens is 287 g/mol. The number of halogens is 1. The first kappa shape index (κ1) is 16.4. The van der Waals surface area contributed by atoms with Crippen molar-refractivity contribution in [3.63, 3.8) is 0 Å². The highest BCUT2D eigenvalue weighted by atomic mass is 19.1. The quantitative estimate of drug-likeness (QED) is 0.859. The van der Waals surface area contributed by atoms with E-state index in [9.17, 15) is 14.0 Å². The highest BCUT2D eigenvalue weighted by Gasteiger charge is 2.32. The number of esters is 1. The van der Waals surface area contributed by atoms with E-state index in [4.69, 9.17) is 4.74 Å². The summed E-state index contributed by atoms with van der Waals surface area (Å²) < 4.78 is 18.0. The Hall–Kier alpha value is -1.95. The van der Waals surface area contributed by atoms with Crippen LogP contribution in [0.25, 0.3) is 0 Å². The number of methoxy groups -OCH3 is 1. The van der Waals surface area contributed by atoms with Crippen molar-refractivity contribution in [1.82, 2.24) is 10.2 Å². The normalized spacial score (nSPS) is 20.2. The zero-order chi connectivity index (χ0) is 16.1. The molecule has 22 heavy (non-hydrogen) atoms. The Morgan fingerprint density at radius 1 is 1.36 bits per heavy atom. The third-order valence-electron chi connectivity index (χ3n) is 3.84. The molecule has 1 aliphatic heterocycles. The molecule has 5 nitrogen and oxygen atoms in total. The SMILES string of the molecule is COC(=O)[C@@H](c1ccc(F)cc1)N1CCC[C@@H](NC(C)=O)C1. The molecule has 1 fully saturated rings. The smallest absolute Gasteiger partial charge is 0.327 e. The van der Waals surface area contributed by atoms with Crippen LogP contribution in [0.2, 0.25) is 0 Å². The van der Waals surface area contributed by atoms with Gasteiger partial charge in [0.2, 0.25) is 5.91 Å². The Balaban J connectivity index is 2.19. The lowest BCUT2D eigenvalue weighted by Gasteiger charge is -2.37. The van der Waals surface area contributed by atoms with Gasteiger partial charge in [0, 0.05) is 19.5 Å². The molecule has 0 saturated carbocycles. The molecule has 1 aromatic rings. The monoisotopic (exact) mass is 308 g/mol. The number of carbonyl (C=O) groups is 2. The Bertz CT molecular complexity index is 533. The number of hydrogen-bond donors (Lipinski definition) is 1. The Kier molecular flexibility index (Phi) is 5.49. The molecular formula is C16H21FN2O3. The predicted octanol–water partition coefficient (Wildman–Crippen LogP) is 1.64. The summed E-state index contributed by atoms with van der Waals surface area (Å²) >= 11 is 0. The maximum Gasteiger partial charge on any atom is 0.327 e. The van der Waals surface area contributed by atoms with Crippen LogP contribution in [-0.2, 0) is 14.3 Å². The van der Waals surface area contributed by atoms with Gasteiger partial charge in [-0.3, -0.25) is 9.69 Å². The third kappa shape index (κ3) is 4.04. The number of carbonyl (C=O) groups excluding carboxylic acids is 2. The zero-order valence-corrected chi connectivity index (χ0v) is 12.8. The van der Waals surface area contributed by atoms with E-state index in [1.807, 2.05) is 4.90 Å². The molecule has 0 spiro atoms. The lowest BCUT2D eigenvalue weighted by atomic mass is 9.99. The van der Waals surface area contributed by atoms with Crippen LogP contribution < -0.4 is 5.32 Å². The fraction of sp³-hybridized carbons (Fsp3) is 0.500. The van der Waals surface area contributed by atoms with Gasteiger partial charge < -0.3 is 10.1 Å². The van der Waals surface area contributed by atoms with Gasteiger partial charge in [-0.2, -0.15) is 0 Å². The maximum atomic E-state index is 13.1. The summed E-state index contributed by atoms with van der Waals surface area (Å²) in [5.41, 5.74) is 0.691. The number of benzene rings is 1. The molecule has 120 valence electrons. The molecule has 2 atom stereocenters. The molecule has 0 aromatic heterocycles. The van der Waals surface area contributed by atoms with E-state index in [1.54, 1.807) is 12.1 Å². The number of ether oxygens (including phenoxy) is 1. The van der Waals surface area contributed by atoms with E-state index in [2.05, 4.69) is 5.32 Å². The molecule has 0 unspecified atom stereocenters. The van der Waals surface area contributed by atoms with Gasteiger partial charge in [0.05, 0.1) is 7.11 Å². The summed E-state index contributed by atoms with van der Waals surface area (Å²) in [5.74, 6) is -0.805. The van der Waals surface area contributed by atoms with Gasteiger partial charge in [-0.15, -0.1) is 0 Å². The van der Waals surface area contributed by atoms with Crippen molar-refractivity contribution in [3.05, 3.63) is 35.6 Å². The summed E-state index contributed by atoms with van der Waals surface area (Å²) in [6.07, 6.45) is 1.76. The van der Waals surface area contributed by atoms with Crippen LogP contribution in [0, 0.1) is 5.82 Å². The molecule has 2 rings (SSSR count). The lowest BCUT2D eigenvalue weighted by Crippen LogP contribution is -2.49. The second kappa shape index (κ2) is 7.35. The summed E-state index contributed by atoms with van der Waals surface area (Å²) in [7, 11) is 1.34. The summed E-state index contributed by atoms with van der Waals surface area (Å²) in [6, 6.07) is 5.29. The van der Waals surface area contributed by atoms with Gasteiger partial charge in [0.25, 0.3) is 0 Å². The van der Waals surface area contributed by atoms with E-state index in [-0.39, 0.29) is 23.7 Å². The first-order chi connectivity index (χ1) is 10.5. The minimum Gasteiger partial charge on any atom is -0.468 e. The molecule has 0 radical (unpaired) electrons. The molecule has 1 N–H and O–H groups in total. The molecule has 0 aliphatic carbocycles. The highest BCUT2D eigenvalue weighted by Crippen LogP contribution is 2.26. The topological polar surface area (TPSA) is 58.6 Å². The van der Waals surface area contributed by atoms with Crippen LogP contribution in [0.15, 0.2) is 24.3 Å². The third-order valence-corrected chi connectivity index (χ3v) is 3.84. The zero-order valence-electron chi connectivity index (χ0n) is 12.8. The number of amides is 1. The van der Waals surface area contributed by atoms with E-state index in [1.165, 1.54) is 26.2 Å². The molecule has 1 aromatic carbocycles. The van der Waals surface area contributed by atoms with Crippen molar-refractivity contribution < 1.29 is 18.7 Å². The maximum absolute atomic E-state index is 13.1. The molecule has 0 bridgehead atoms. The second-order valence-corrected chi connectivity index (χ2v) is 5.51. The van der Waals surface area contributed by atoms with Gasteiger partial charge in [-0.05, 0) is 37.1 Å². The fourth-order valence-electron chi connectivity index (χ4n) is 2.90. The van der Waals surface area contributed by atoms with Gasteiger partial charge in [-0.1, -0.05) is 12.1 Å². The second-order valence-electron chi connectivity index (χ2n) is 5.51. The van der Waals surface area contributed by atoms with Crippen LogP contribution in [0.4, 0.5) is 4.39 Å². The Morgan fingerprint density at radius 2 is 2.05 bits per heavy atom. The number of hydrogen-bond acceptors (Lipinski definition) is 4. The van der Waals surface area contributed by atoms with E-state index in [0.29, 0.717) is 12.1 Å². The van der Waals surface area contributed by atoms with Crippen LogP contribution in [0.3, 0.4) is 0 Å². The average molecular weight is 308 g/mol. The molecule has 1 aliphatic rings. The van der Waals surface area contributed by atoms with Gasteiger partial charge in [0.1, 0.15) is 11.9 Å². The predicted molar refractivity (Wildman–Crippen MR) is 79.6 cm³/mol. The van der Waals surface area contributed by atoms with E-state index in [0.717, 1.165) is 19.4 Å². The van der Waals surface area contributed by atoms with Crippen LogP contribution in [-0.4, -0.2) is 43.0 Å². The van der Waals surface area contributed by atoms with Crippen LogP contribution in [0.5, 0.6) is 0 Å². The van der Waals surface area contributed by atoms with Crippen molar-refractivity contribution in [3.8, 4) is 0 Å². The van der Waals surface area contributed by atoms with Crippen molar-refractivity contribution in [2.75, 3.05) is 20.2 Å². The minimum atomic E-state index is -0.581. The number of nitrogens with one attached hydrogen (secondary N) is 1. The van der Waals surface area contributed by atoms with Crippen molar-refractivity contribution in [2.45, 2.75) is 31.8 Å². The van der Waals surface area contributed by atoms with Crippen LogP contribution in [0.1, 0.15) is 31.4 Å². The lowest BCUT2D eigenvalue weighted by molar-refractivity contribution is -0.148. The molecule has 1 saturated heterocycles. The highest BCUT2D eigenvalue weighted by molar-refractivity contribution is 5.77.